The van der Waals surface area contributed by atoms with Crippen molar-refractivity contribution in [3.8, 4) is 0 Å². The number of alkyl halides is 2. The molecule has 0 aliphatic rings. The zero-order valence-electron chi connectivity index (χ0n) is 8.41. The Morgan fingerprint density at radius 2 is 2.33 bits per heavy atom. The lowest BCUT2D eigenvalue weighted by molar-refractivity contribution is 0.00756. The van der Waals surface area contributed by atoms with E-state index in [9.17, 15) is 13.6 Å². The van der Waals surface area contributed by atoms with Gasteiger partial charge in [0.15, 0.2) is 5.78 Å². The molecule has 0 amide bonds. The zero-order chi connectivity index (χ0) is 11.5. The van der Waals surface area contributed by atoms with E-state index in [4.69, 9.17) is 5.73 Å². The van der Waals surface area contributed by atoms with Gasteiger partial charge in [-0.25, -0.2) is 8.78 Å². The number of ketones is 1. The van der Waals surface area contributed by atoms with Crippen molar-refractivity contribution in [3.05, 3.63) is 18.0 Å². The highest BCUT2D eigenvalue weighted by molar-refractivity contribution is 5.95. The maximum Gasteiger partial charge on any atom is 0.247 e. The van der Waals surface area contributed by atoms with Gasteiger partial charge >= 0.3 is 0 Å². The van der Waals surface area contributed by atoms with Crippen molar-refractivity contribution >= 4 is 5.78 Å². The van der Waals surface area contributed by atoms with Gasteiger partial charge in [-0.3, -0.25) is 9.48 Å². The quantitative estimate of drug-likeness (QED) is 0.750. The predicted octanol–water partition coefficient (Wildman–Crippen LogP) is 1.07. The molecule has 15 heavy (non-hydrogen) atoms. The first-order chi connectivity index (χ1) is 6.94. The minimum atomic E-state index is -2.75. The largest absolute Gasteiger partial charge is 0.324 e. The van der Waals surface area contributed by atoms with Crippen LogP contribution in [0.5, 0.6) is 0 Å². The molecule has 1 rings (SSSR count). The molecular weight excluding hydrogens is 204 g/mol. The molecule has 6 heteroatoms. The molecule has 0 unspecified atom stereocenters. The first kappa shape index (κ1) is 11.8. The molecule has 1 aromatic rings. The highest BCUT2D eigenvalue weighted by Gasteiger charge is 2.21. The normalized spacial score (nSPS) is 11.7. The van der Waals surface area contributed by atoms with Crippen LogP contribution >= 0.6 is 0 Å². The Bertz CT molecular complexity index is 343. The highest BCUT2D eigenvalue weighted by atomic mass is 19.3. The summed E-state index contributed by atoms with van der Waals surface area (Å²) < 4.78 is 26.4. The average molecular weight is 217 g/mol. The van der Waals surface area contributed by atoms with E-state index in [0.29, 0.717) is 0 Å². The van der Waals surface area contributed by atoms with Gasteiger partial charge in [-0.2, -0.15) is 5.10 Å². The summed E-state index contributed by atoms with van der Waals surface area (Å²) in [7, 11) is 0. The summed E-state index contributed by atoms with van der Waals surface area (Å²) >= 11 is 0. The Morgan fingerprint density at radius 1 is 1.67 bits per heavy atom. The van der Waals surface area contributed by atoms with Gasteiger partial charge in [-0.05, 0) is 13.0 Å². The van der Waals surface area contributed by atoms with Crippen LogP contribution in [0, 0.1) is 0 Å². The molecule has 0 saturated carbocycles. The van der Waals surface area contributed by atoms with Crippen LogP contribution in [0.1, 0.15) is 23.8 Å². The third-order valence-corrected chi connectivity index (χ3v) is 1.95. The van der Waals surface area contributed by atoms with Gasteiger partial charge in [0, 0.05) is 19.2 Å². The second kappa shape index (κ2) is 4.48. The number of Topliss-reactive ketones (excluding diaryl/α,β-unsaturated/α-hetero) is 1. The van der Waals surface area contributed by atoms with Crippen molar-refractivity contribution in [2.45, 2.75) is 25.8 Å². The molecule has 0 atom stereocenters. The molecule has 0 aliphatic heterocycles. The maximum atomic E-state index is 12.6. The minimum absolute atomic E-state index is 0.0115. The molecule has 2 N–H and O–H groups in total. The lowest BCUT2D eigenvalue weighted by Crippen LogP contribution is -2.21. The van der Waals surface area contributed by atoms with Crippen molar-refractivity contribution in [1.82, 2.24) is 9.78 Å². The molecule has 1 heterocycles. The molecule has 0 spiro atoms. The Labute approximate surface area is 86.1 Å². The van der Waals surface area contributed by atoms with Gasteiger partial charge in [-0.1, -0.05) is 0 Å². The summed E-state index contributed by atoms with van der Waals surface area (Å²) in [4.78, 5) is 11.2. The van der Waals surface area contributed by atoms with Gasteiger partial charge in [-0.15, -0.1) is 0 Å². The fraction of sp³-hybridized carbons (Fsp3) is 0.556. The molecule has 0 radical (unpaired) electrons. The Hall–Kier alpha value is -1.30. The lowest BCUT2D eigenvalue weighted by Gasteiger charge is -2.11. The number of aromatic nitrogens is 2. The summed E-state index contributed by atoms with van der Waals surface area (Å²) in [5, 5.41) is 3.80. The number of hydrogen-bond acceptors (Lipinski definition) is 3. The van der Waals surface area contributed by atoms with Crippen molar-refractivity contribution in [2.75, 3.05) is 6.54 Å². The van der Waals surface area contributed by atoms with Gasteiger partial charge in [0.2, 0.25) is 5.92 Å². The first-order valence-corrected chi connectivity index (χ1v) is 4.57. The van der Waals surface area contributed by atoms with E-state index in [2.05, 4.69) is 5.10 Å². The predicted molar refractivity (Wildman–Crippen MR) is 50.8 cm³/mol. The van der Waals surface area contributed by atoms with Gasteiger partial charge in [0.1, 0.15) is 5.69 Å². The molecule has 0 saturated heterocycles. The summed E-state index contributed by atoms with van der Waals surface area (Å²) in [6.45, 7) is 0.701. The number of nitrogens with two attached hydrogens (primary N) is 1. The molecule has 0 aromatic carbocycles. The molecule has 0 fully saturated rings. The number of nitrogens with zero attached hydrogens (tertiary/aromatic N) is 2. The summed E-state index contributed by atoms with van der Waals surface area (Å²) in [6, 6.07) is 1.48. The average Bonchev–Trinajstić information content (AvgIpc) is 2.60. The van der Waals surface area contributed by atoms with Crippen LogP contribution in [0.3, 0.4) is 0 Å². The second-order valence-corrected chi connectivity index (χ2v) is 3.39. The minimum Gasteiger partial charge on any atom is -0.324 e. The van der Waals surface area contributed by atoms with Crippen molar-refractivity contribution in [2.24, 2.45) is 5.73 Å². The molecule has 4 nitrogen and oxygen atoms in total. The fourth-order valence-electron chi connectivity index (χ4n) is 1.15. The van der Waals surface area contributed by atoms with Gasteiger partial charge in [0.25, 0.3) is 0 Å². The number of hydrogen-bond donors (Lipinski definition) is 1. The maximum absolute atomic E-state index is 12.6. The van der Waals surface area contributed by atoms with Crippen LogP contribution in [-0.2, 0) is 6.54 Å². The Balaban J connectivity index is 2.70. The van der Waals surface area contributed by atoms with Crippen LogP contribution in [0.25, 0.3) is 0 Å². The van der Waals surface area contributed by atoms with E-state index in [1.165, 1.54) is 16.9 Å². The zero-order valence-corrected chi connectivity index (χ0v) is 8.41. The first-order valence-electron chi connectivity index (χ1n) is 4.57. The smallest absolute Gasteiger partial charge is 0.247 e. The van der Waals surface area contributed by atoms with Crippen molar-refractivity contribution < 1.29 is 13.6 Å². The molecule has 1 aromatic heterocycles. The third-order valence-electron chi connectivity index (χ3n) is 1.95. The lowest BCUT2D eigenvalue weighted by atomic mass is 10.2. The van der Waals surface area contributed by atoms with Gasteiger partial charge < -0.3 is 5.73 Å². The molecule has 0 bridgehead atoms. The van der Waals surface area contributed by atoms with E-state index >= 15 is 0 Å². The van der Waals surface area contributed by atoms with Crippen LogP contribution in [0.4, 0.5) is 8.78 Å². The van der Waals surface area contributed by atoms with E-state index in [0.717, 1.165) is 6.92 Å². The number of carbonyl (C=O) groups excluding carboxylic acids is 1. The van der Waals surface area contributed by atoms with Crippen LogP contribution < -0.4 is 5.73 Å². The van der Waals surface area contributed by atoms with E-state index < -0.39 is 5.92 Å². The van der Waals surface area contributed by atoms with Crippen molar-refractivity contribution in [3.63, 3.8) is 0 Å². The summed E-state index contributed by atoms with van der Waals surface area (Å²) in [6.07, 6.45) is 1.05. The van der Waals surface area contributed by atoms with Gasteiger partial charge in [0.05, 0.1) is 6.54 Å². The Kier molecular flexibility index (Phi) is 3.52. The van der Waals surface area contributed by atoms with E-state index in [1.54, 1.807) is 0 Å². The van der Waals surface area contributed by atoms with Crippen LogP contribution in [0.2, 0.25) is 0 Å². The number of rotatable bonds is 5. The molecular formula is C9H13F2N3O. The second-order valence-electron chi connectivity index (χ2n) is 3.39. The van der Waals surface area contributed by atoms with E-state index in [1.807, 2.05) is 0 Å². The molecule has 0 aliphatic carbocycles. The standard InChI is InChI=1S/C9H13F2N3O/c1-9(10,11)3-5-14-7(2-4-13-14)8(15)6-12/h2,4H,3,5-6,12H2,1H3. The topological polar surface area (TPSA) is 60.9 Å². The van der Waals surface area contributed by atoms with E-state index in [-0.39, 0.29) is 31.0 Å². The van der Waals surface area contributed by atoms with Crippen molar-refractivity contribution in [1.29, 1.82) is 0 Å². The third kappa shape index (κ3) is 3.39. The highest BCUT2D eigenvalue weighted by Crippen LogP contribution is 2.17. The monoisotopic (exact) mass is 217 g/mol. The Morgan fingerprint density at radius 3 is 2.87 bits per heavy atom. The summed E-state index contributed by atoms with van der Waals surface area (Å²) in [5.41, 5.74) is 5.45. The molecule has 84 valence electrons. The van der Waals surface area contributed by atoms with Crippen LogP contribution in [0.15, 0.2) is 12.3 Å². The SMILES string of the molecule is CC(F)(F)CCn1nccc1C(=O)CN. The fourth-order valence-corrected chi connectivity index (χ4v) is 1.15. The van der Waals surface area contributed by atoms with Crippen LogP contribution in [-0.4, -0.2) is 28.0 Å². The number of halogens is 2. The number of aryl methyl sites for hydroxylation is 1. The summed E-state index contributed by atoms with van der Waals surface area (Å²) in [5.74, 6) is -3.05. The number of carbonyl (C=O) groups is 1.